The molecular weight excluding hydrogens is 607 g/mol. The van der Waals surface area contributed by atoms with Crippen molar-refractivity contribution in [2.75, 3.05) is 38.2 Å². The van der Waals surface area contributed by atoms with Crippen LogP contribution >= 0.6 is 0 Å². The van der Waals surface area contributed by atoms with Gasteiger partial charge in [0.2, 0.25) is 17.6 Å². The highest BCUT2D eigenvalue weighted by atomic mass is 19.1. The highest BCUT2D eigenvalue weighted by Gasteiger charge is 2.46. The lowest BCUT2D eigenvalue weighted by Crippen LogP contribution is -2.55. The minimum atomic E-state index is -0.705. The molecule has 1 saturated carbocycles. The van der Waals surface area contributed by atoms with E-state index in [4.69, 9.17) is 13.9 Å². The number of furan rings is 1. The zero-order valence-electron chi connectivity index (χ0n) is 28.0. The van der Waals surface area contributed by atoms with Crippen LogP contribution in [0.15, 0.2) is 28.7 Å². The van der Waals surface area contributed by atoms with E-state index in [2.05, 4.69) is 15.5 Å². The number of likely N-dealkylation sites (tertiary alicyclic amines) is 2. The number of alkyl carbamates (subject to hydrolysis) is 1. The second-order valence-electron chi connectivity index (χ2n) is 14.0. The van der Waals surface area contributed by atoms with Crippen LogP contribution in [0.3, 0.4) is 0 Å². The maximum Gasteiger partial charge on any atom is 0.407 e. The van der Waals surface area contributed by atoms with Gasteiger partial charge in [0.15, 0.2) is 0 Å². The Morgan fingerprint density at radius 3 is 2.38 bits per heavy atom. The highest BCUT2D eigenvalue weighted by molar-refractivity contribution is 6.00. The predicted molar refractivity (Wildman–Crippen MR) is 175 cm³/mol. The number of piperidine rings is 1. The first-order valence-electron chi connectivity index (χ1n) is 17.1. The summed E-state index contributed by atoms with van der Waals surface area (Å²) in [5.74, 6) is -1.11. The van der Waals surface area contributed by atoms with E-state index in [1.54, 1.807) is 56.9 Å². The average molecular weight is 657 g/mol. The number of fused-ring (bicyclic) bond motifs is 1. The summed E-state index contributed by atoms with van der Waals surface area (Å²) < 4.78 is 30.0. The number of carbonyl (C=O) groups is 4. The minimum absolute atomic E-state index is 0.0376. The number of halogens is 1. The summed E-state index contributed by atoms with van der Waals surface area (Å²) in [5.41, 5.74) is 0.367. The largest absolute Gasteiger partial charge is 0.460 e. The van der Waals surface area contributed by atoms with E-state index < -0.39 is 36.4 Å². The van der Waals surface area contributed by atoms with Crippen LogP contribution in [0, 0.1) is 11.8 Å². The molecule has 3 amide bonds. The van der Waals surface area contributed by atoms with E-state index in [-0.39, 0.29) is 42.1 Å². The van der Waals surface area contributed by atoms with E-state index >= 15 is 0 Å². The Bertz CT molecular complexity index is 1420. The summed E-state index contributed by atoms with van der Waals surface area (Å²) in [6.45, 7) is 8.82. The Hall–Kier alpha value is -3.67. The number of ether oxygens (including phenoxy) is 2. The van der Waals surface area contributed by atoms with Gasteiger partial charge >= 0.3 is 12.1 Å². The van der Waals surface area contributed by atoms with Crippen LogP contribution in [-0.2, 0) is 19.1 Å². The van der Waals surface area contributed by atoms with Crippen LogP contribution in [0.25, 0.3) is 11.0 Å². The van der Waals surface area contributed by atoms with Gasteiger partial charge < -0.3 is 29.4 Å². The molecule has 258 valence electrons. The van der Waals surface area contributed by atoms with E-state index in [9.17, 15) is 23.6 Å². The number of amides is 3. The van der Waals surface area contributed by atoms with Crippen molar-refractivity contribution in [2.24, 2.45) is 11.8 Å². The monoisotopic (exact) mass is 656 g/mol. The molecule has 0 unspecified atom stereocenters. The van der Waals surface area contributed by atoms with Gasteiger partial charge in [-0.15, -0.1) is 0 Å². The molecule has 2 aromatic rings. The van der Waals surface area contributed by atoms with E-state index in [0.717, 1.165) is 32.4 Å². The first-order valence-corrected chi connectivity index (χ1v) is 17.1. The second kappa shape index (κ2) is 15.0. The smallest absolute Gasteiger partial charge is 0.407 e. The van der Waals surface area contributed by atoms with Crippen molar-refractivity contribution in [2.45, 2.75) is 103 Å². The number of rotatable bonds is 9. The molecular formula is C35H49FN4O7. The van der Waals surface area contributed by atoms with Gasteiger partial charge in [-0.1, -0.05) is 6.42 Å². The molecule has 3 aliphatic rings. The molecule has 0 radical (unpaired) electrons. The standard InChI is InChI=1S/C35H49FN4O7/c1-5-45-33(43)29-20-24-19-25(13-14-28(24)46-29)37-31(41)30-27(39-16-7-6-8-17-39)15-18-40(30)32(42)23-11-9-22(10-12-23)26(21-36)38-34(44)47-35(2,3)4/h13-14,19-20,22-23,26-27,30H,5-12,15-18,21H2,1-4H3,(H,37,41)(H,38,44)/t22?,23?,26-,27+,30+/m1/s1. The molecule has 0 spiro atoms. The molecule has 12 heteroatoms. The molecule has 11 nitrogen and oxygen atoms in total. The number of hydrogen-bond acceptors (Lipinski definition) is 8. The van der Waals surface area contributed by atoms with Gasteiger partial charge in [-0.3, -0.25) is 14.5 Å². The number of anilines is 1. The first-order chi connectivity index (χ1) is 22.5. The molecule has 5 rings (SSSR count). The molecule has 2 N–H and O–H groups in total. The van der Waals surface area contributed by atoms with Gasteiger partial charge in [0.05, 0.1) is 12.6 Å². The number of carbonyl (C=O) groups excluding carboxylic acids is 4. The van der Waals surface area contributed by atoms with Gasteiger partial charge in [-0.2, -0.15) is 0 Å². The van der Waals surface area contributed by atoms with Gasteiger partial charge in [0.1, 0.15) is 23.9 Å². The SMILES string of the molecule is CCOC(=O)c1cc2cc(NC(=O)[C@@H]3[C@@H](N4CCCCC4)CCN3C(=O)C3CCC([C@@H](CF)NC(=O)OC(C)(C)C)CC3)ccc2o1. The molecule has 0 bridgehead atoms. The quantitative estimate of drug-likeness (QED) is 0.330. The predicted octanol–water partition coefficient (Wildman–Crippen LogP) is 5.67. The zero-order chi connectivity index (χ0) is 33.7. The van der Waals surface area contributed by atoms with Crippen molar-refractivity contribution in [3.63, 3.8) is 0 Å². The lowest BCUT2D eigenvalue weighted by atomic mass is 9.78. The van der Waals surface area contributed by atoms with Gasteiger partial charge in [-0.05, 0) is 116 Å². The number of nitrogens with one attached hydrogen (secondary N) is 2. The maximum absolute atomic E-state index is 14.1. The molecule has 3 heterocycles. The fraction of sp³-hybridized carbons (Fsp3) is 0.657. The number of esters is 1. The van der Waals surface area contributed by atoms with Crippen LogP contribution in [0.1, 0.15) is 89.6 Å². The molecule has 2 saturated heterocycles. The molecule has 47 heavy (non-hydrogen) atoms. The van der Waals surface area contributed by atoms with E-state index in [0.29, 0.717) is 55.3 Å². The van der Waals surface area contributed by atoms with Crippen molar-refractivity contribution in [3.05, 3.63) is 30.0 Å². The lowest BCUT2D eigenvalue weighted by molar-refractivity contribution is -0.142. The Labute approximate surface area is 275 Å². The van der Waals surface area contributed by atoms with Crippen LogP contribution in [0.4, 0.5) is 14.9 Å². The number of alkyl halides is 1. The van der Waals surface area contributed by atoms with Gasteiger partial charge in [0, 0.05) is 29.6 Å². The fourth-order valence-corrected chi connectivity index (χ4v) is 7.36. The Morgan fingerprint density at radius 2 is 1.72 bits per heavy atom. The third-order valence-electron chi connectivity index (χ3n) is 9.60. The first kappa shape index (κ1) is 34.7. The number of hydrogen-bond donors (Lipinski definition) is 2. The van der Waals surface area contributed by atoms with Crippen LogP contribution < -0.4 is 10.6 Å². The molecule has 3 fully saturated rings. The summed E-state index contributed by atoms with van der Waals surface area (Å²) >= 11 is 0. The van der Waals surface area contributed by atoms with Gasteiger partial charge in [0.25, 0.3) is 0 Å². The second-order valence-corrected chi connectivity index (χ2v) is 14.0. The van der Waals surface area contributed by atoms with Crippen LogP contribution in [0.5, 0.6) is 0 Å². The number of benzene rings is 1. The Balaban J connectivity index is 1.27. The Morgan fingerprint density at radius 1 is 1.00 bits per heavy atom. The van der Waals surface area contributed by atoms with Crippen molar-refractivity contribution >= 4 is 40.5 Å². The van der Waals surface area contributed by atoms with Crippen molar-refractivity contribution in [1.29, 1.82) is 0 Å². The van der Waals surface area contributed by atoms with Crippen molar-refractivity contribution < 1.29 is 37.5 Å². The summed E-state index contributed by atoms with van der Waals surface area (Å²) in [5, 5.41) is 6.39. The summed E-state index contributed by atoms with van der Waals surface area (Å²) in [7, 11) is 0. The highest BCUT2D eigenvalue weighted by Crippen LogP contribution is 2.36. The van der Waals surface area contributed by atoms with E-state index in [1.807, 2.05) is 0 Å². The summed E-state index contributed by atoms with van der Waals surface area (Å²) in [4.78, 5) is 56.7. The van der Waals surface area contributed by atoms with Crippen molar-refractivity contribution in [1.82, 2.24) is 15.1 Å². The minimum Gasteiger partial charge on any atom is -0.460 e. The lowest BCUT2D eigenvalue weighted by Gasteiger charge is -2.38. The summed E-state index contributed by atoms with van der Waals surface area (Å²) in [6, 6.07) is 5.37. The molecule has 1 aromatic heterocycles. The van der Waals surface area contributed by atoms with Crippen LogP contribution in [0.2, 0.25) is 0 Å². The third-order valence-corrected chi connectivity index (χ3v) is 9.60. The average Bonchev–Trinajstić information content (AvgIpc) is 3.68. The summed E-state index contributed by atoms with van der Waals surface area (Å²) in [6.07, 6.45) is 5.69. The fourth-order valence-electron chi connectivity index (χ4n) is 7.36. The van der Waals surface area contributed by atoms with E-state index in [1.165, 1.54) is 0 Å². The molecule has 1 aliphatic carbocycles. The van der Waals surface area contributed by atoms with Crippen molar-refractivity contribution in [3.8, 4) is 0 Å². The number of nitrogens with zero attached hydrogens (tertiary/aromatic N) is 2. The zero-order valence-corrected chi connectivity index (χ0v) is 28.0. The molecule has 2 aliphatic heterocycles. The van der Waals surface area contributed by atoms with Gasteiger partial charge in [-0.25, -0.2) is 14.0 Å². The third kappa shape index (κ3) is 8.44. The molecule has 1 aromatic carbocycles. The maximum atomic E-state index is 14.1. The molecule has 3 atom stereocenters. The Kier molecular flexibility index (Phi) is 11.1. The van der Waals surface area contributed by atoms with Crippen LogP contribution in [-0.4, -0.2) is 90.3 Å². The topological polar surface area (TPSA) is 130 Å². The normalized spacial score (nSPS) is 24.5.